The molecule has 1 fully saturated rings. The van der Waals surface area contributed by atoms with Gasteiger partial charge in [-0.15, -0.1) is 0 Å². The predicted octanol–water partition coefficient (Wildman–Crippen LogP) is 0.765. The molecule has 1 aliphatic heterocycles. The first-order valence-corrected chi connectivity index (χ1v) is 10.2. The van der Waals surface area contributed by atoms with Crippen molar-refractivity contribution in [1.29, 1.82) is 0 Å². The lowest BCUT2D eigenvalue weighted by Gasteiger charge is -2.34. The van der Waals surface area contributed by atoms with E-state index in [9.17, 15) is 19.2 Å². The van der Waals surface area contributed by atoms with Crippen LogP contribution in [0.25, 0.3) is 0 Å². The van der Waals surface area contributed by atoms with E-state index in [2.05, 4.69) is 16.0 Å². The Balaban J connectivity index is 1.98. The quantitative estimate of drug-likeness (QED) is 0.510. The number of ether oxygens (including phenoxy) is 1. The Labute approximate surface area is 176 Å². The summed E-state index contributed by atoms with van der Waals surface area (Å²) in [6.07, 6.45) is -0.184. The van der Waals surface area contributed by atoms with Crippen LogP contribution >= 0.6 is 0 Å². The minimum absolute atomic E-state index is 0.0658. The number of piperazine rings is 1. The smallest absolute Gasteiger partial charge is 0.308 e. The summed E-state index contributed by atoms with van der Waals surface area (Å²) in [5.74, 6) is -1.19. The second-order valence-corrected chi connectivity index (χ2v) is 7.47. The van der Waals surface area contributed by atoms with E-state index in [1.165, 1.54) is 4.90 Å². The summed E-state index contributed by atoms with van der Waals surface area (Å²) in [4.78, 5) is 50.4. The average molecular weight is 418 g/mol. The van der Waals surface area contributed by atoms with Crippen LogP contribution < -0.4 is 16.0 Å². The molecule has 30 heavy (non-hydrogen) atoms. The van der Waals surface area contributed by atoms with Gasteiger partial charge in [0.05, 0.1) is 19.6 Å². The van der Waals surface area contributed by atoms with Crippen LogP contribution in [-0.4, -0.2) is 67.4 Å². The molecule has 1 heterocycles. The Morgan fingerprint density at radius 1 is 1.30 bits per heavy atom. The van der Waals surface area contributed by atoms with E-state index in [0.29, 0.717) is 30.9 Å². The molecule has 2 rings (SSSR count). The maximum absolute atomic E-state index is 12.7. The molecule has 1 aromatic carbocycles. The van der Waals surface area contributed by atoms with Crippen LogP contribution in [0, 0.1) is 5.92 Å². The molecule has 164 valence electrons. The van der Waals surface area contributed by atoms with Crippen molar-refractivity contribution in [3.05, 3.63) is 29.8 Å². The molecule has 0 aromatic heterocycles. The van der Waals surface area contributed by atoms with Crippen LogP contribution in [0.15, 0.2) is 24.3 Å². The predicted molar refractivity (Wildman–Crippen MR) is 112 cm³/mol. The SMILES string of the molecule is CCNC(=O)c1cccc(NCC(=O)N2CCNC(=O)C2CC(=O)OCC(C)C)c1. The molecule has 1 atom stereocenters. The third-order valence-corrected chi connectivity index (χ3v) is 4.49. The number of amides is 3. The zero-order chi connectivity index (χ0) is 22.1. The molecule has 0 aliphatic carbocycles. The molecule has 3 amide bonds. The summed E-state index contributed by atoms with van der Waals surface area (Å²) >= 11 is 0. The Morgan fingerprint density at radius 3 is 2.77 bits per heavy atom. The number of rotatable bonds is 9. The topological polar surface area (TPSA) is 117 Å². The zero-order valence-electron chi connectivity index (χ0n) is 17.7. The fraction of sp³-hybridized carbons (Fsp3) is 0.524. The molecule has 1 unspecified atom stereocenters. The van der Waals surface area contributed by atoms with Crippen molar-refractivity contribution in [3.8, 4) is 0 Å². The van der Waals surface area contributed by atoms with Crippen molar-refractivity contribution < 1.29 is 23.9 Å². The average Bonchev–Trinajstić information content (AvgIpc) is 2.72. The molecule has 3 N–H and O–H groups in total. The number of carbonyl (C=O) groups is 4. The summed E-state index contributed by atoms with van der Waals surface area (Å²) in [6, 6.07) is 5.92. The Morgan fingerprint density at radius 2 is 2.07 bits per heavy atom. The molecule has 0 radical (unpaired) electrons. The fourth-order valence-corrected chi connectivity index (χ4v) is 3.00. The van der Waals surface area contributed by atoms with Gasteiger partial charge in [-0.25, -0.2) is 0 Å². The lowest BCUT2D eigenvalue weighted by Crippen LogP contribution is -2.58. The van der Waals surface area contributed by atoms with Gasteiger partial charge in [-0.1, -0.05) is 19.9 Å². The summed E-state index contributed by atoms with van der Waals surface area (Å²) in [6.45, 7) is 7.04. The van der Waals surface area contributed by atoms with E-state index in [-0.39, 0.29) is 43.2 Å². The van der Waals surface area contributed by atoms with Crippen molar-refractivity contribution in [1.82, 2.24) is 15.5 Å². The highest BCUT2D eigenvalue weighted by Crippen LogP contribution is 2.13. The minimum Gasteiger partial charge on any atom is -0.465 e. The molecule has 1 aromatic rings. The van der Waals surface area contributed by atoms with E-state index in [1.807, 2.05) is 20.8 Å². The third kappa shape index (κ3) is 6.75. The number of hydrogen-bond acceptors (Lipinski definition) is 6. The van der Waals surface area contributed by atoms with Crippen molar-refractivity contribution in [2.45, 2.75) is 33.2 Å². The fourth-order valence-electron chi connectivity index (χ4n) is 3.00. The van der Waals surface area contributed by atoms with E-state index in [4.69, 9.17) is 4.74 Å². The lowest BCUT2D eigenvalue weighted by atomic mass is 10.1. The number of carbonyl (C=O) groups excluding carboxylic acids is 4. The second kappa shape index (κ2) is 11.2. The number of hydrogen-bond donors (Lipinski definition) is 3. The van der Waals surface area contributed by atoms with Crippen LogP contribution in [0.3, 0.4) is 0 Å². The van der Waals surface area contributed by atoms with Gasteiger partial charge in [0.15, 0.2) is 0 Å². The highest BCUT2D eigenvalue weighted by molar-refractivity contribution is 5.95. The summed E-state index contributed by atoms with van der Waals surface area (Å²) in [7, 11) is 0. The zero-order valence-corrected chi connectivity index (χ0v) is 17.7. The van der Waals surface area contributed by atoms with Crippen molar-refractivity contribution in [3.63, 3.8) is 0 Å². The molecule has 1 saturated heterocycles. The van der Waals surface area contributed by atoms with Gasteiger partial charge in [0, 0.05) is 30.9 Å². The van der Waals surface area contributed by atoms with Gasteiger partial charge in [-0.05, 0) is 31.0 Å². The molecule has 9 nitrogen and oxygen atoms in total. The molecular formula is C21H30N4O5. The third-order valence-electron chi connectivity index (χ3n) is 4.49. The van der Waals surface area contributed by atoms with Crippen LogP contribution in [0.5, 0.6) is 0 Å². The Bertz CT molecular complexity index is 780. The largest absolute Gasteiger partial charge is 0.465 e. The van der Waals surface area contributed by atoms with Crippen LogP contribution in [0.1, 0.15) is 37.6 Å². The van der Waals surface area contributed by atoms with Gasteiger partial charge < -0.3 is 25.6 Å². The Hall–Kier alpha value is -3.10. The number of benzene rings is 1. The Kier molecular flexibility index (Phi) is 8.64. The van der Waals surface area contributed by atoms with E-state index in [1.54, 1.807) is 24.3 Å². The van der Waals surface area contributed by atoms with Gasteiger partial charge in [0.25, 0.3) is 5.91 Å². The van der Waals surface area contributed by atoms with Gasteiger partial charge >= 0.3 is 5.97 Å². The van der Waals surface area contributed by atoms with Crippen LogP contribution in [0.2, 0.25) is 0 Å². The van der Waals surface area contributed by atoms with Gasteiger partial charge in [-0.3, -0.25) is 19.2 Å². The maximum Gasteiger partial charge on any atom is 0.308 e. The molecule has 1 aliphatic rings. The van der Waals surface area contributed by atoms with E-state index < -0.39 is 12.0 Å². The minimum atomic E-state index is -0.894. The molecule has 0 spiro atoms. The van der Waals surface area contributed by atoms with Crippen LogP contribution in [0.4, 0.5) is 5.69 Å². The van der Waals surface area contributed by atoms with Crippen molar-refractivity contribution >= 4 is 29.4 Å². The van der Waals surface area contributed by atoms with E-state index in [0.717, 1.165) is 0 Å². The number of nitrogens with one attached hydrogen (secondary N) is 3. The lowest BCUT2D eigenvalue weighted by molar-refractivity contribution is -0.152. The molecule has 9 heteroatoms. The summed E-state index contributed by atoms with van der Waals surface area (Å²) < 4.78 is 5.16. The van der Waals surface area contributed by atoms with Gasteiger partial charge in [0.1, 0.15) is 6.04 Å². The maximum atomic E-state index is 12.7. The first-order chi connectivity index (χ1) is 14.3. The number of anilines is 1. The van der Waals surface area contributed by atoms with Gasteiger partial charge in [-0.2, -0.15) is 0 Å². The van der Waals surface area contributed by atoms with Crippen molar-refractivity contribution in [2.75, 3.05) is 38.1 Å². The van der Waals surface area contributed by atoms with Gasteiger partial charge in [0.2, 0.25) is 11.8 Å². The first-order valence-electron chi connectivity index (χ1n) is 10.2. The number of nitrogens with zero attached hydrogens (tertiary/aromatic N) is 1. The van der Waals surface area contributed by atoms with Crippen molar-refractivity contribution in [2.24, 2.45) is 5.92 Å². The standard InChI is InChI=1S/C21H30N4O5/c1-4-22-20(28)15-6-5-7-16(10-15)24-12-18(26)25-9-8-23-21(29)17(25)11-19(27)30-13-14(2)3/h5-7,10,14,17,24H,4,8-9,11-13H2,1-3H3,(H,22,28)(H,23,29). The molecule has 0 bridgehead atoms. The first kappa shape index (κ1) is 23.2. The molecular weight excluding hydrogens is 388 g/mol. The normalized spacial score (nSPS) is 16.1. The monoisotopic (exact) mass is 418 g/mol. The van der Waals surface area contributed by atoms with Crippen LogP contribution in [-0.2, 0) is 19.1 Å². The molecule has 0 saturated carbocycles. The summed E-state index contributed by atoms with van der Waals surface area (Å²) in [5, 5.41) is 8.40. The van der Waals surface area contributed by atoms with E-state index >= 15 is 0 Å². The number of esters is 1. The highest BCUT2D eigenvalue weighted by atomic mass is 16.5. The summed E-state index contributed by atoms with van der Waals surface area (Å²) in [5.41, 5.74) is 1.10. The highest BCUT2D eigenvalue weighted by Gasteiger charge is 2.35. The second-order valence-electron chi connectivity index (χ2n) is 7.47.